The summed E-state index contributed by atoms with van der Waals surface area (Å²) >= 11 is 1.88. The number of rotatable bonds is 2. The van der Waals surface area contributed by atoms with Gasteiger partial charge in [0.2, 0.25) is 0 Å². The van der Waals surface area contributed by atoms with Crippen LogP contribution in [0.5, 0.6) is 0 Å². The topological polar surface area (TPSA) is 28.2 Å². The highest BCUT2D eigenvalue weighted by atomic mass is 32.1. The molecule has 1 atom stereocenters. The molecule has 2 heterocycles. The van der Waals surface area contributed by atoms with Gasteiger partial charge in [-0.25, -0.2) is 4.98 Å². The van der Waals surface area contributed by atoms with Gasteiger partial charge in [0.1, 0.15) is 0 Å². The maximum Gasteiger partial charge on any atom is 0.0959 e. The third-order valence-electron chi connectivity index (χ3n) is 4.10. The third kappa shape index (κ3) is 2.39. The lowest BCUT2D eigenvalue weighted by atomic mass is 10.1. The summed E-state index contributed by atoms with van der Waals surface area (Å²) < 4.78 is 0. The molecule has 2 aliphatic rings. The Morgan fingerprint density at radius 3 is 3.00 bits per heavy atom. The number of piperazine rings is 1. The van der Waals surface area contributed by atoms with Crippen molar-refractivity contribution in [3.63, 3.8) is 0 Å². The number of likely N-dealkylation sites (N-methyl/N-ethyl adjacent to an activating group) is 1. The van der Waals surface area contributed by atoms with Crippen LogP contribution < -0.4 is 5.32 Å². The van der Waals surface area contributed by atoms with Gasteiger partial charge in [0.15, 0.2) is 0 Å². The van der Waals surface area contributed by atoms with Crippen LogP contribution in [0.25, 0.3) is 0 Å². The lowest BCUT2D eigenvalue weighted by Crippen LogP contribution is -2.43. The molecule has 1 aromatic rings. The van der Waals surface area contributed by atoms with E-state index in [0.717, 1.165) is 25.6 Å². The number of nitrogens with one attached hydrogen (secondary N) is 1. The molecule has 3 rings (SSSR count). The Morgan fingerprint density at radius 2 is 2.24 bits per heavy atom. The molecule has 17 heavy (non-hydrogen) atoms. The van der Waals surface area contributed by atoms with Crippen molar-refractivity contribution in [3.8, 4) is 0 Å². The zero-order valence-electron chi connectivity index (χ0n) is 10.5. The van der Waals surface area contributed by atoms with E-state index >= 15 is 0 Å². The monoisotopic (exact) mass is 251 g/mol. The highest BCUT2D eigenvalue weighted by Gasteiger charge is 2.25. The van der Waals surface area contributed by atoms with Crippen molar-refractivity contribution < 1.29 is 0 Å². The standard InChI is InChI=1S/C13H21N3S/c1-16-7-6-14-8-12(16)11-9-17-13(15-11)10-4-2-3-5-10/h9-10,12,14H,2-8H2,1H3. The number of thiazole rings is 1. The molecule has 4 heteroatoms. The van der Waals surface area contributed by atoms with Crippen molar-refractivity contribution >= 4 is 11.3 Å². The van der Waals surface area contributed by atoms with E-state index in [2.05, 4.69) is 22.6 Å². The summed E-state index contributed by atoms with van der Waals surface area (Å²) in [4.78, 5) is 7.32. The van der Waals surface area contributed by atoms with E-state index in [9.17, 15) is 0 Å². The van der Waals surface area contributed by atoms with Crippen molar-refractivity contribution in [2.75, 3.05) is 26.7 Å². The molecular formula is C13H21N3S. The molecule has 1 unspecified atom stereocenters. The van der Waals surface area contributed by atoms with Crippen molar-refractivity contribution in [1.29, 1.82) is 0 Å². The van der Waals surface area contributed by atoms with Crippen molar-refractivity contribution in [3.05, 3.63) is 16.1 Å². The highest BCUT2D eigenvalue weighted by Crippen LogP contribution is 2.36. The Labute approximate surface area is 107 Å². The second-order valence-corrected chi connectivity index (χ2v) is 6.18. The Hall–Kier alpha value is -0.450. The molecule has 0 aromatic carbocycles. The van der Waals surface area contributed by atoms with Gasteiger partial charge in [-0.3, -0.25) is 4.90 Å². The first-order chi connectivity index (χ1) is 8.34. The van der Waals surface area contributed by atoms with Gasteiger partial charge in [0, 0.05) is 30.9 Å². The zero-order chi connectivity index (χ0) is 11.7. The fourth-order valence-electron chi connectivity index (χ4n) is 2.95. The average molecular weight is 251 g/mol. The summed E-state index contributed by atoms with van der Waals surface area (Å²) in [6.07, 6.45) is 5.49. The molecule has 0 amide bonds. The van der Waals surface area contributed by atoms with Gasteiger partial charge in [-0.15, -0.1) is 11.3 Å². The van der Waals surface area contributed by atoms with Crippen molar-refractivity contribution in [2.45, 2.75) is 37.6 Å². The predicted molar refractivity (Wildman–Crippen MR) is 71.6 cm³/mol. The van der Waals surface area contributed by atoms with Gasteiger partial charge >= 0.3 is 0 Å². The van der Waals surface area contributed by atoms with Crippen LogP contribution in [-0.2, 0) is 0 Å². The number of aromatic nitrogens is 1. The summed E-state index contributed by atoms with van der Waals surface area (Å²) in [5.41, 5.74) is 1.28. The van der Waals surface area contributed by atoms with Gasteiger partial charge in [0.25, 0.3) is 0 Å². The lowest BCUT2D eigenvalue weighted by Gasteiger charge is -2.31. The molecule has 0 spiro atoms. The largest absolute Gasteiger partial charge is 0.313 e. The first kappa shape index (κ1) is 11.6. The third-order valence-corrected chi connectivity index (χ3v) is 5.12. The van der Waals surface area contributed by atoms with E-state index in [-0.39, 0.29) is 0 Å². The predicted octanol–water partition coefficient (Wildman–Crippen LogP) is 2.38. The maximum atomic E-state index is 4.90. The second kappa shape index (κ2) is 5.04. The normalized spacial score (nSPS) is 27.7. The van der Waals surface area contributed by atoms with Gasteiger partial charge in [0.05, 0.1) is 16.7 Å². The summed E-state index contributed by atoms with van der Waals surface area (Å²) in [7, 11) is 2.21. The van der Waals surface area contributed by atoms with Gasteiger partial charge < -0.3 is 5.32 Å². The van der Waals surface area contributed by atoms with E-state index in [0.29, 0.717) is 6.04 Å². The Morgan fingerprint density at radius 1 is 1.41 bits per heavy atom. The van der Waals surface area contributed by atoms with E-state index in [4.69, 9.17) is 4.98 Å². The Kier molecular flexibility index (Phi) is 3.45. The minimum absolute atomic E-state index is 0.482. The molecule has 1 aromatic heterocycles. The summed E-state index contributed by atoms with van der Waals surface area (Å²) in [6, 6.07) is 0.482. The molecule has 1 saturated carbocycles. The molecule has 94 valence electrons. The minimum Gasteiger partial charge on any atom is -0.313 e. The van der Waals surface area contributed by atoms with Crippen LogP contribution in [0.3, 0.4) is 0 Å². The summed E-state index contributed by atoms with van der Waals surface area (Å²) in [5.74, 6) is 0.760. The van der Waals surface area contributed by atoms with Crippen LogP contribution in [0.1, 0.15) is 48.3 Å². The molecule has 1 aliphatic heterocycles. The fraction of sp³-hybridized carbons (Fsp3) is 0.769. The highest BCUT2D eigenvalue weighted by molar-refractivity contribution is 7.09. The van der Waals surface area contributed by atoms with Gasteiger partial charge in [-0.2, -0.15) is 0 Å². The van der Waals surface area contributed by atoms with Crippen LogP contribution in [-0.4, -0.2) is 36.6 Å². The van der Waals surface area contributed by atoms with Gasteiger partial charge in [-0.05, 0) is 19.9 Å². The maximum absolute atomic E-state index is 4.90. The fourth-order valence-corrected chi connectivity index (χ4v) is 3.99. The quantitative estimate of drug-likeness (QED) is 0.874. The first-order valence-electron chi connectivity index (χ1n) is 6.71. The number of nitrogens with zero attached hydrogens (tertiary/aromatic N) is 2. The van der Waals surface area contributed by atoms with Crippen molar-refractivity contribution in [2.24, 2.45) is 0 Å². The molecule has 0 radical (unpaired) electrons. The molecular weight excluding hydrogens is 230 g/mol. The van der Waals surface area contributed by atoms with Crippen LogP contribution in [0.2, 0.25) is 0 Å². The van der Waals surface area contributed by atoms with Crippen LogP contribution in [0.4, 0.5) is 0 Å². The molecule has 1 aliphatic carbocycles. The smallest absolute Gasteiger partial charge is 0.0959 e. The average Bonchev–Trinajstić information content (AvgIpc) is 3.00. The molecule has 1 N–H and O–H groups in total. The Bertz CT molecular complexity index is 370. The van der Waals surface area contributed by atoms with E-state index in [1.54, 1.807) is 0 Å². The Balaban J connectivity index is 1.74. The minimum atomic E-state index is 0.482. The number of hydrogen-bond donors (Lipinski definition) is 1. The van der Waals surface area contributed by atoms with Crippen LogP contribution in [0, 0.1) is 0 Å². The van der Waals surface area contributed by atoms with Crippen LogP contribution >= 0.6 is 11.3 Å². The van der Waals surface area contributed by atoms with E-state index < -0.39 is 0 Å². The van der Waals surface area contributed by atoms with Crippen LogP contribution in [0.15, 0.2) is 5.38 Å². The van der Waals surface area contributed by atoms with Gasteiger partial charge in [-0.1, -0.05) is 12.8 Å². The lowest BCUT2D eigenvalue weighted by molar-refractivity contribution is 0.199. The molecule has 1 saturated heterocycles. The van der Waals surface area contributed by atoms with Crippen molar-refractivity contribution in [1.82, 2.24) is 15.2 Å². The van der Waals surface area contributed by atoms with E-state index in [1.165, 1.54) is 36.4 Å². The zero-order valence-corrected chi connectivity index (χ0v) is 11.3. The molecule has 0 bridgehead atoms. The molecule has 3 nitrogen and oxygen atoms in total. The second-order valence-electron chi connectivity index (χ2n) is 5.29. The number of hydrogen-bond acceptors (Lipinski definition) is 4. The summed E-state index contributed by atoms with van der Waals surface area (Å²) in [6.45, 7) is 3.28. The SMILES string of the molecule is CN1CCNCC1c1csc(C2CCCC2)n1. The first-order valence-corrected chi connectivity index (χ1v) is 7.59. The summed E-state index contributed by atoms with van der Waals surface area (Å²) in [5, 5.41) is 7.13. The van der Waals surface area contributed by atoms with E-state index in [1.807, 2.05) is 11.3 Å². The molecule has 2 fully saturated rings.